The standard InChI is InChI=1S/C23H23FN4O5S2/c1-23(2,3)14-27(22(29)30)12-15-11-17(16-5-4-9-25-21(16)24)28(13-15)35(31,32)20-7-6-19(34-20)18-8-10-26-33-18/h4-11,13H,12,14H2,1-3H3,(H,29,30). The second kappa shape index (κ2) is 9.27. The molecule has 4 rings (SSSR count). The van der Waals surface area contributed by atoms with Crippen LogP contribution in [0.5, 0.6) is 0 Å². The molecular formula is C23H23FN4O5S2. The molecule has 0 fully saturated rings. The van der Waals surface area contributed by atoms with Gasteiger partial charge in [-0.25, -0.2) is 13.8 Å². The topological polar surface area (TPSA) is 119 Å². The van der Waals surface area contributed by atoms with E-state index in [9.17, 15) is 22.7 Å². The molecule has 0 atom stereocenters. The number of rotatable bonds is 7. The van der Waals surface area contributed by atoms with Gasteiger partial charge in [-0.2, -0.15) is 12.8 Å². The van der Waals surface area contributed by atoms with Crippen LogP contribution in [0.1, 0.15) is 26.3 Å². The second-order valence-electron chi connectivity index (χ2n) is 9.07. The third-order valence-electron chi connectivity index (χ3n) is 4.96. The maximum absolute atomic E-state index is 14.6. The van der Waals surface area contributed by atoms with Crippen molar-refractivity contribution in [1.29, 1.82) is 0 Å². The maximum atomic E-state index is 14.6. The van der Waals surface area contributed by atoms with E-state index in [0.29, 0.717) is 16.2 Å². The van der Waals surface area contributed by atoms with Crippen molar-refractivity contribution in [2.24, 2.45) is 5.41 Å². The lowest BCUT2D eigenvalue weighted by atomic mass is 9.96. The molecule has 35 heavy (non-hydrogen) atoms. The van der Waals surface area contributed by atoms with Crippen molar-refractivity contribution in [2.45, 2.75) is 31.5 Å². The van der Waals surface area contributed by atoms with Crippen molar-refractivity contribution in [3.05, 3.63) is 66.5 Å². The zero-order valence-electron chi connectivity index (χ0n) is 19.2. The van der Waals surface area contributed by atoms with Gasteiger partial charge in [0.2, 0.25) is 5.95 Å². The summed E-state index contributed by atoms with van der Waals surface area (Å²) in [6.45, 7) is 5.86. The SMILES string of the molecule is CC(C)(C)CN(Cc1cc(-c2cccnc2F)n(S(=O)(=O)c2ccc(-c3ccno3)s2)c1)C(=O)O. The van der Waals surface area contributed by atoms with Gasteiger partial charge in [0.15, 0.2) is 5.76 Å². The van der Waals surface area contributed by atoms with Crippen LogP contribution in [0.25, 0.3) is 21.9 Å². The number of hydrogen-bond acceptors (Lipinski definition) is 7. The molecule has 12 heteroatoms. The first-order valence-corrected chi connectivity index (χ1v) is 12.8. The van der Waals surface area contributed by atoms with E-state index < -0.39 is 22.1 Å². The Balaban J connectivity index is 1.80. The Kier molecular flexibility index (Phi) is 6.52. The molecule has 0 spiro atoms. The summed E-state index contributed by atoms with van der Waals surface area (Å²) in [6, 6.07) is 9.04. The first-order chi connectivity index (χ1) is 16.5. The molecule has 0 aliphatic rings. The van der Waals surface area contributed by atoms with Gasteiger partial charge in [-0.05, 0) is 41.3 Å². The number of carbonyl (C=O) groups is 1. The quantitative estimate of drug-likeness (QED) is 0.335. The predicted molar refractivity (Wildman–Crippen MR) is 128 cm³/mol. The van der Waals surface area contributed by atoms with Crippen LogP contribution in [0.3, 0.4) is 0 Å². The number of nitrogens with zero attached hydrogens (tertiary/aromatic N) is 4. The zero-order chi connectivity index (χ0) is 25.4. The van der Waals surface area contributed by atoms with Crippen molar-refractivity contribution in [2.75, 3.05) is 6.54 Å². The fourth-order valence-corrected chi connectivity index (χ4v) is 6.32. The minimum atomic E-state index is -4.16. The first kappa shape index (κ1) is 24.6. The number of aromatic nitrogens is 3. The first-order valence-electron chi connectivity index (χ1n) is 10.5. The predicted octanol–water partition coefficient (Wildman–Crippen LogP) is 5.17. The van der Waals surface area contributed by atoms with Gasteiger partial charge >= 0.3 is 6.09 Å². The van der Waals surface area contributed by atoms with Crippen molar-refractivity contribution in [3.63, 3.8) is 0 Å². The summed E-state index contributed by atoms with van der Waals surface area (Å²) in [4.78, 5) is 17.2. The van der Waals surface area contributed by atoms with Crippen LogP contribution in [0.4, 0.5) is 9.18 Å². The van der Waals surface area contributed by atoms with Crippen LogP contribution in [0, 0.1) is 11.4 Å². The molecule has 4 aromatic rings. The minimum absolute atomic E-state index is 0.00128. The monoisotopic (exact) mass is 518 g/mol. The number of pyridine rings is 1. The fraction of sp³-hybridized carbons (Fsp3) is 0.261. The number of thiophene rings is 1. The molecule has 0 aliphatic carbocycles. The summed E-state index contributed by atoms with van der Waals surface area (Å²) in [5.41, 5.74) is 0.0956. The average Bonchev–Trinajstić information content (AvgIpc) is 3.52. The molecule has 4 heterocycles. The lowest BCUT2D eigenvalue weighted by Gasteiger charge is -2.27. The van der Waals surface area contributed by atoms with E-state index in [1.807, 2.05) is 20.8 Å². The van der Waals surface area contributed by atoms with Gasteiger partial charge in [-0.15, -0.1) is 11.3 Å². The second-order valence-corrected chi connectivity index (χ2v) is 12.2. The fourth-order valence-electron chi connectivity index (χ4n) is 3.57. The maximum Gasteiger partial charge on any atom is 0.407 e. The number of hydrogen-bond donors (Lipinski definition) is 1. The molecule has 0 saturated carbocycles. The van der Waals surface area contributed by atoms with Crippen LogP contribution >= 0.6 is 11.3 Å². The number of amides is 1. The smallest absolute Gasteiger partial charge is 0.407 e. The van der Waals surface area contributed by atoms with Crippen molar-refractivity contribution >= 4 is 27.5 Å². The molecule has 0 bridgehead atoms. The van der Waals surface area contributed by atoms with E-state index in [4.69, 9.17) is 4.52 Å². The van der Waals surface area contributed by atoms with E-state index in [0.717, 1.165) is 15.3 Å². The highest BCUT2D eigenvalue weighted by atomic mass is 32.2. The molecular weight excluding hydrogens is 495 g/mol. The third kappa shape index (κ3) is 5.28. The number of halogens is 1. The average molecular weight is 519 g/mol. The van der Waals surface area contributed by atoms with Gasteiger partial charge in [-0.1, -0.05) is 25.9 Å². The Morgan fingerprint density at radius 1 is 1.23 bits per heavy atom. The Bertz CT molecular complexity index is 1450. The Hall–Kier alpha value is -3.51. The van der Waals surface area contributed by atoms with E-state index in [1.54, 1.807) is 12.1 Å². The van der Waals surface area contributed by atoms with Crippen LogP contribution in [-0.2, 0) is 16.6 Å². The van der Waals surface area contributed by atoms with Crippen LogP contribution in [0.15, 0.2) is 63.7 Å². The molecule has 184 valence electrons. The van der Waals surface area contributed by atoms with Crippen LogP contribution in [-0.4, -0.2) is 45.2 Å². The summed E-state index contributed by atoms with van der Waals surface area (Å²) in [5.74, 6) is -0.422. The Morgan fingerprint density at radius 3 is 2.63 bits per heavy atom. The Labute approximate surface area is 205 Å². The highest BCUT2D eigenvalue weighted by molar-refractivity contribution is 7.92. The normalized spacial score (nSPS) is 12.1. The molecule has 1 N–H and O–H groups in total. The minimum Gasteiger partial charge on any atom is -0.465 e. The third-order valence-corrected chi connectivity index (χ3v) is 8.20. The summed E-state index contributed by atoms with van der Waals surface area (Å²) in [7, 11) is -4.16. The van der Waals surface area contributed by atoms with E-state index in [-0.39, 0.29) is 34.0 Å². The van der Waals surface area contributed by atoms with Crippen molar-refractivity contribution < 1.29 is 27.2 Å². The van der Waals surface area contributed by atoms with Crippen molar-refractivity contribution in [1.82, 2.24) is 19.0 Å². The molecule has 1 amide bonds. The van der Waals surface area contributed by atoms with E-state index in [1.165, 1.54) is 47.8 Å². The lowest BCUT2D eigenvalue weighted by Crippen LogP contribution is -2.36. The highest BCUT2D eigenvalue weighted by Gasteiger charge is 2.27. The number of carboxylic acid groups (broad SMARTS) is 1. The van der Waals surface area contributed by atoms with E-state index in [2.05, 4.69) is 10.1 Å². The largest absolute Gasteiger partial charge is 0.465 e. The van der Waals surface area contributed by atoms with Gasteiger partial charge in [-0.3, -0.25) is 0 Å². The molecule has 0 aliphatic heterocycles. The van der Waals surface area contributed by atoms with Crippen LogP contribution < -0.4 is 0 Å². The molecule has 0 aromatic carbocycles. The van der Waals surface area contributed by atoms with Crippen LogP contribution in [0.2, 0.25) is 0 Å². The molecule has 0 radical (unpaired) electrons. The van der Waals surface area contributed by atoms with Gasteiger partial charge in [0.05, 0.1) is 28.9 Å². The Morgan fingerprint density at radius 2 is 2.00 bits per heavy atom. The summed E-state index contributed by atoms with van der Waals surface area (Å²) in [6.07, 6.45) is 2.90. The zero-order valence-corrected chi connectivity index (χ0v) is 20.8. The lowest BCUT2D eigenvalue weighted by molar-refractivity contribution is 0.123. The summed E-state index contributed by atoms with van der Waals surface area (Å²) in [5, 5.41) is 13.3. The van der Waals surface area contributed by atoms with Gasteiger partial charge in [0.1, 0.15) is 4.21 Å². The molecule has 9 nitrogen and oxygen atoms in total. The van der Waals surface area contributed by atoms with Crippen molar-refractivity contribution in [3.8, 4) is 21.9 Å². The molecule has 0 unspecified atom stereocenters. The summed E-state index contributed by atoms with van der Waals surface area (Å²) >= 11 is 0.980. The van der Waals surface area contributed by atoms with Gasteiger partial charge in [0, 0.05) is 25.0 Å². The summed E-state index contributed by atoms with van der Waals surface area (Å²) < 4.78 is 48.0. The van der Waals surface area contributed by atoms with Gasteiger partial charge in [0.25, 0.3) is 10.0 Å². The highest BCUT2D eigenvalue weighted by Crippen LogP contribution is 2.35. The van der Waals surface area contributed by atoms with Gasteiger partial charge < -0.3 is 14.5 Å². The van der Waals surface area contributed by atoms with E-state index >= 15 is 0 Å². The molecule has 0 saturated heterocycles. The molecule has 4 aromatic heterocycles.